The van der Waals surface area contributed by atoms with E-state index in [9.17, 15) is 19.5 Å². The van der Waals surface area contributed by atoms with E-state index in [0.717, 1.165) is 18.4 Å². The molecule has 0 radical (unpaired) electrons. The number of nitrogens with zero attached hydrogens (tertiary/aromatic N) is 3. The van der Waals surface area contributed by atoms with Crippen LogP contribution in [0, 0.1) is 11.8 Å². The number of aliphatic hydroxyl groups is 1. The van der Waals surface area contributed by atoms with Gasteiger partial charge in [-0.3, -0.25) is 14.4 Å². The van der Waals surface area contributed by atoms with Gasteiger partial charge < -0.3 is 19.8 Å². The van der Waals surface area contributed by atoms with Gasteiger partial charge in [-0.2, -0.15) is 0 Å². The molecular weight excluding hydrogens is 474 g/mol. The molecule has 0 saturated carbocycles. The fourth-order valence-corrected chi connectivity index (χ4v) is 8.46. The van der Waals surface area contributed by atoms with Crippen molar-refractivity contribution in [2.24, 2.45) is 11.8 Å². The second-order valence-corrected chi connectivity index (χ2v) is 11.6. The maximum Gasteiger partial charge on any atom is 0.247 e. The zero-order valence-electron chi connectivity index (χ0n) is 21.1. The highest BCUT2D eigenvalue weighted by molar-refractivity contribution is 8.02. The van der Waals surface area contributed by atoms with Crippen molar-refractivity contribution in [3.05, 3.63) is 61.2 Å². The van der Waals surface area contributed by atoms with Crippen LogP contribution in [-0.2, 0) is 20.9 Å². The number of fused-ring (bicyclic) bond motifs is 1. The standard InChI is InChI=1S/C28H37N3O4S/c1-4-15-29(3)25(33)22-21-13-14-28(36-21)23(22)26(34)31(17-9-10-18-32)24(28)27(35)30(16-5-2)19-20-11-7-6-8-12-20/h4-8,11-12,21-24,32H,1-2,9-10,13-19H2,3H3/t21-,22+,23+,24?,28?/m1/s1. The van der Waals surface area contributed by atoms with Crippen molar-refractivity contribution >= 4 is 29.5 Å². The molecule has 1 N–H and O–H groups in total. The number of carbonyl (C=O) groups excluding carboxylic acids is 3. The summed E-state index contributed by atoms with van der Waals surface area (Å²) in [5, 5.41) is 9.38. The van der Waals surface area contributed by atoms with Gasteiger partial charge in [0.15, 0.2) is 0 Å². The molecule has 36 heavy (non-hydrogen) atoms. The highest BCUT2D eigenvalue weighted by Crippen LogP contribution is 2.66. The molecule has 2 unspecified atom stereocenters. The summed E-state index contributed by atoms with van der Waals surface area (Å²) in [6.07, 6.45) is 6.14. The minimum Gasteiger partial charge on any atom is -0.396 e. The Bertz CT molecular complexity index is 1000. The molecule has 4 rings (SSSR count). The molecule has 5 atom stereocenters. The Balaban J connectivity index is 1.69. The summed E-state index contributed by atoms with van der Waals surface area (Å²) in [7, 11) is 1.75. The minimum atomic E-state index is -0.630. The van der Waals surface area contributed by atoms with Crippen LogP contribution in [0.3, 0.4) is 0 Å². The van der Waals surface area contributed by atoms with Gasteiger partial charge in [0, 0.05) is 45.1 Å². The number of carbonyl (C=O) groups is 3. The van der Waals surface area contributed by atoms with E-state index >= 15 is 0 Å². The average Bonchev–Trinajstić information content (AvgIpc) is 3.51. The van der Waals surface area contributed by atoms with Gasteiger partial charge in [0.25, 0.3) is 0 Å². The third-order valence-corrected chi connectivity index (χ3v) is 9.73. The fourth-order valence-electron chi connectivity index (χ4n) is 6.25. The van der Waals surface area contributed by atoms with Crippen molar-refractivity contribution in [1.29, 1.82) is 0 Å². The summed E-state index contributed by atoms with van der Waals surface area (Å²) in [5.74, 6) is -1.15. The van der Waals surface area contributed by atoms with Crippen LogP contribution in [0.1, 0.15) is 31.2 Å². The number of hydrogen-bond acceptors (Lipinski definition) is 5. The molecule has 3 heterocycles. The zero-order chi connectivity index (χ0) is 25.9. The Morgan fingerprint density at radius 2 is 1.89 bits per heavy atom. The molecule has 0 aromatic heterocycles. The van der Waals surface area contributed by atoms with E-state index in [0.29, 0.717) is 39.0 Å². The van der Waals surface area contributed by atoms with E-state index in [1.165, 1.54) is 0 Å². The summed E-state index contributed by atoms with van der Waals surface area (Å²) >= 11 is 1.69. The lowest BCUT2D eigenvalue weighted by molar-refractivity contribution is -0.144. The lowest BCUT2D eigenvalue weighted by Crippen LogP contribution is -2.54. The number of likely N-dealkylation sites (tertiary alicyclic amines) is 1. The van der Waals surface area contributed by atoms with Gasteiger partial charge in [0.2, 0.25) is 17.7 Å². The van der Waals surface area contributed by atoms with E-state index in [1.54, 1.807) is 45.7 Å². The largest absolute Gasteiger partial charge is 0.396 e. The maximum absolute atomic E-state index is 14.3. The lowest BCUT2D eigenvalue weighted by atomic mass is 9.70. The first-order chi connectivity index (χ1) is 17.4. The van der Waals surface area contributed by atoms with Crippen molar-refractivity contribution in [2.75, 3.05) is 33.3 Å². The molecular formula is C28H37N3O4S. The monoisotopic (exact) mass is 511 g/mol. The predicted octanol–water partition coefficient (Wildman–Crippen LogP) is 2.71. The summed E-state index contributed by atoms with van der Waals surface area (Å²) in [6, 6.07) is 9.19. The third-order valence-electron chi connectivity index (χ3n) is 7.78. The molecule has 3 aliphatic heterocycles. The Morgan fingerprint density at radius 1 is 1.17 bits per heavy atom. The van der Waals surface area contributed by atoms with Gasteiger partial charge in [-0.1, -0.05) is 42.5 Å². The molecule has 3 amide bonds. The molecule has 194 valence electrons. The Morgan fingerprint density at radius 3 is 2.56 bits per heavy atom. The minimum absolute atomic E-state index is 0.0376. The number of benzene rings is 1. The predicted molar refractivity (Wildman–Crippen MR) is 142 cm³/mol. The van der Waals surface area contributed by atoms with Gasteiger partial charge in [-0.05, 0) is 31.2 Å². The highest BCUT2D eigenvalue weighted by atomic mass is 32.2. The average molecular weight is 512 g/mol. The van der Waals surface area contributed by atoms with Crippen LogP contribution >= 0.6 is 11.8 Å². The summed E-state index contributed by atoms with van der Waals surface area (Å²) in [5.41, 5.74) is 1.01. The molecule has 3 aliphatic rings. The molecule has 8 heteroatoms. The normalized spacial score (nSPS) is 28.2. The molecule has 1 spiro atoms. The molecule has 0 aliphatic carbocycles. The number of thioether (sulfide) groups is 1. The summed E-state index contributed by atoms with van der Waals surface area (Å²) in [4.78, 5) is 46.9. The van der Waals surface area contributed by atoms with Crippen LogP contribution in [0.4, 0.5) is 0 Å². The number of unbranched alkanes of at least 4 members (excludes halogenated alkanes) is 1. The Labute approximate surface area is 218 Å². The number of likely N-dealkylation sites (N-methyl/N-ethyl adjacent to an activating group) is 1. The smallest absolute Gasteiger partial charge is 0.247 e. The first-order valence-corrected chi connectivity index (χ1v) is 13.7. The molecule has 3 fully saturated rings. The van der Waals surface area contributed by atoms with Gasteiger partial charge in [-0.25, -0.2) is 0 Å². The molecule has 1 aromatic rings. The first kappa shape index (κ1) is 26.5. The summed E-state index contributed by atoms with van der Waals surface area (Å²) in [6.45, 7) is 9.28. The maximum atomic E-state index is 14.3. The van der Waals surface area contributed by atoms with Gasteiger partial charge >= 0.3 is 0 Å². The van der Waals surface area contributed by atoms with Crippen molar-refractivity contribution in [3.8, 4) is 0 Å². The number of hydrogen-bond donors (Lipinski definition) is 1. The van der Waals surface area contributed by atoms with Crippen LogP contribution in [-0.4, -0.2) is 86.9 Å². The molecule has 3 saturated heterocycles. The second kappa shape index (κ2) is 11.2. The van der Waals surface area contributed by atoms with Crippen LogP contribution in [0.15, 0.2) is 55.6 Å². The van der Waals surface area contributed by atoms with Crippen molar-refractivity contribution < 1.29 is 19.5 Å². The molecule has 1 aromatic carbocycles. The van der Waals surface area contributed by atoms with Gasteiger partial charge in [-0.15, -0.1) is 24.9 Å². The fraction of sp³-hybridized carbons (Fsp3) is 0.536. The lowest BCUT2D eigenvalue weighted by Gasteiger charge is -2.37. The van der Waals surface area contributed by atoms with E-state index < -0.39 is 22.6 Å². The highest BCUT2D eigenvalue weighted by Gasteiger charge is 2.73. The van der Waals surface area contributed by atoms with E-state index in [2.05, 4.69) is 13.2 Å². The van der Waals surface area contributed by atoms with Crippen LogP contribution in [0.2, 0.25) is 0 Å². The molecule has 7 nitrogen and oxygen atoms in total. The van der Waals surface area contributed by atoms with Crippen LogP contribution in [0.5, 0.6) is 0 Å². The van der Waals surface area contributed by atoms with Crippen molar-refractivity contribution in [3.63, 3.8) is 0 Å². The van der Waals surface area contributed by atoms with Crippen LogP contribution < -0.4 is 0 Å². The van der Waals surface area contributed by atoms with Crippen molar-refractivity contribution in [2.45, 2.75) is 48.3 Å². The van der Waals surface area contributed by atoms with Gasteiger partial charge in [0.05, 0.1) is 16.6 Å². The zero-order valence-corrected chi connectivity index (χ0v) is 21.9. The van der Waals surface area contributed by atoms with E-state index in [-0.39, 0.29) is 29.6 Å². The second-order valence-electron chi connectivity index (χ2n) is 10.0. The number of rotatable bonds is 12. The number of aliphatic hydroxyl groups excluding tert-OH is 1. The third kappa shape index (κ3) is 4.61. The number of amides is 3. The Hall–Kier alpha value is -2.58. The first-order valence-electron chi connectivity index (χ1n) is 12.8. The SMILES string of the molecule is C=CCN(C)C(=O)[C@@H]1[C@H]2C(=O)N(CCCCO)C(C(=O)N(CC=C)Cc3ccccc3)C23CC[C@H]1S3. The van der Waals surface area contributed by atoms with Gasteiger partial charge in [0.1, 0.15) is 6.04 Å². The molecule has 2 bridgehead atoms. The Kier molecular flexibility index (Phi) is 8.25. The van der Waals surface area contributed by atoms with E-state index in [1.807, 2.05) is 30.3 Å². The quantitative estimate of drug-likeness (QED) is 0.345. The van der Waals surface area contributed by atoms with Crippen LogP contribution in [0.25, 0.3) is 0 Å². The summed E-state index contributed by atoms with van der Waals surface area (Å²) < 4.78 is -0.608. The topological polar surface area (TPSA) is 81.2 Å². The van der Waals surface area contributed by atoms with E-state index in [4.69, 9.17) is 0 Å². The van der Waals surface area contributed by atoms with Crippen molar-refractivity contribution in [1.82, 2.24) is 14.7 Å².